The van der Waals surface area contributed by atoms with Gasteiger partial charge in [-0.25, -0.2) is 4.79 Å². The molecule has 126 valence electrons. The van der Waals surface area contributed by atoms with Gasteiger partial charge >= 0.3 is 5.63 Å². The number of benzene rings is 1. The van der Waals surface area contributed by atoms with E-state index in [0.29, 0.717) is 24.4 Å². The van der Waals surface area contributed by atoms with Crippen molar-refractivity contribution in [3.8, 4) is 11.5 Å². The summed E-state index contributed by atoms with van der Waals surface area (Å²) in [5, 5.41) is 10.3. The summed E-state index contributed by atoms with van der Waals surface area (Å²) in [5.74, 6) is 1.99. The predicted molar refractivity (Wildman–Crippen MR) is 95.6 cm³/mol. The Morgan fingerprint density at radius 2 is 2.08 bits per heavy atom. The van der Waals surface area contributed by atoms with Crippen LogP contribution in [0.1, 0.15) is 28.6 Å². The highest BCUT2D eigenvalue weighted by Gasteiger charge is 2.23. The predicted octanol–water partition coefficient (Wildman–Crippen LogP) is 3.33. The lowest BCUT2D eigenvalue weighted by molar-refractivity contribution is 0.414. The number of aromatic hydroxyl groups is 1. The number of aryl methyl sites for hydroxylation is 1. The third-order valence-electron chi connectivity index (χ3n) is 3.92. The first-order valence-corrected chi connectivity index (χ1v) is 8.76. The Morgan fingerprint density at radius 1 is 1.33 bits per heavy atom. The molecule has 1 aromatic heterocycles. The third kappa shape index (κ3) is 3.48. The van der Waals surface area contributed by atoms with Crippen LogP contribution in [-0.4, -0.2) is 30.2 Å². The Morgan fingerprint density at radius 3 is 2.75 bits per heavy atom. The van der Waals surface area contributed by atoms with Crippen molar-refractivity contribution in [1.82, 2.24) is 0 Å². The fourth-order valence-electron chi connectivity index (χ4n) is 2.75. The standard InChI is InChI=1S/C18H19NO4S/c1-11-9-15(20)17(18(21)23-11)14-10-16(24-8-7-19-14)12-3-5-13(22-2)6-4-12/h3-6,9,16,20H,7-8,10H2,1-2H3. The topological polar surface area (TPSA) is 72.0 Å². The van der Waals surface area contributed by atoms with Gasteiger partial charge in [0.15, 0.2) is 0 Å². The summed E-state index contributed by atoms with van der Waals surface area (Å²) >= 11 is 1.79. The zero-order chi connectivity index (χ0) is 17.1. The summed E-state index contributed by atoms with van der Waals surface area (Å²) in [6.45, 7) is 2.25. The molecule has 0 bridgehead atoms. The van der Waals surface area contributed by atoms with Crippen LogP contribution >= 0.6 is 11.8 Å². The van der Waals surface area contributed by atoms with Gasteiger partial charge in [0.2, 0.25) is 0 Å². The summed E-state index contributed by atoms with van der Waals surface area (Å²) in [7, 11) is 1.64. The molecule has 1 aromatic carbocycles. The maximum absolute atomic E-state index is 12.2. The Bertz CT molecular complexity index is 811. The van der Waals surface area contributed by atoms with Crippen LogP contribution in [0.25, 0.3) is 0 Å². The lowest BCUT2D eigenvalue weighted by Gasteiger charge is -2.16. The molecule has 6 heteroatoms. The largest absolute Gasteiger partial charge is 0.507 e. The Labute approximate surface area is 144 Å². The van der Waals surface area contributed by atoms with Crippen molar-refractivity contribution in [2.24, 2.45) is 4.99 Å². The van der Waals surface area contributed by atoms with E-state index in [1.54, 1.807) is 25.8 Å². The van der Waals surface area contributed by atoms with Crippen LogP contribution in [0.3, 0.4) is 0 Å². The molecule has 1 atom stereocenters. The first-order valence-electron chi connectivity index (χ1n) is 7.71. The minimum absolute atomic E-state index is 0.0668. The highest BCUT2D eigenvalue weighted by atomic mass is 32.2. The van der Waals surface area contributed by atoms with Crippen molar-refractivity contribution in [2.45, 2.75) is 18.6 Å². The van der Waals surface area contributed by atoms with Crippen LogP contribution in [0.4, 0.5) is 0 Å². The maximum atomic E-state index is 12.2. The average Bonchev–Trinajstić information content (AvgIpc) is 2.80. The van der Waals surface area contributed by atoms with Crippen molar-refractivity contribution < 1.29 is 14.3 Å². The molecule has 0 spiro atoms. The van der Waals surface area contributed by atoms with Crippen LogP contribution in [0.5, 0.6) is 11.5 Å². The highest BCUT2D eigenvalue weighted by molar-refractivity contribution is 7.99. The quantitative estimate of drug-likeness (QED) is 0.924. The molecule has 0 fully saturated rings. The lowest BCUT2D eigenvalue weighted by Crippen LogP contribution is -2.17. The zero-order valence-electron chi connectivity index (χ0n) is 13.6. The third-order valence-corrected chi connectivity index (χ3v) is 5.18. The van der Waals surface area contributed by atoms with E-state index in [1.807, 2.05) is 24.3 Å². The Hall–Kier alpha value is -2.21. The molecule has 1 aliphatic rings. The maximum Gasteiger partial charge on any atom is 0.348 e. The molecule has 24 heavy (non-hydrogen) atoms. The van der Waals surface area contributed by atoms with Crippen molar-refractivity contribution in [3.05, 3.63) is 57.6 Å². The minimum atomic E-state index is -0.536. The van der Waals surface area contributed by atoms with Crippen molar-refractivity contribution in [3.63, 3.8) is 0 Å². The summed E-state index contributed by atoms with van der Waals surface area (Å²) < 4.78 is 10.3. The van der Waals surface area contributed by atoms with Gasteiger partial charge < -0.3 is 14.3 Å². The normalized spacial score (nSPS) is 17.9. The molecule has 1 aliphatic heterocycles. The van der Waals surface area contributed by atoms with Gasteiger partial charge in [-0.3, -0.25) is 4.99 Å². The van der Waals surface area contributed by atoms with E-state index in [2.05, 4.69) is 4.99 Å². The Kier molecular flexibility index (Phi) is 4.94. The molecule has 0 radical (unpaired) electrons. The lowest BCUT2D eigenvalue weighted by atomic mass is 10.0. The summed E-state index contributed by atoms with van der Waals surface area (Å²) in [5.41, 5.74) is 1.40. The molecular formula is C18H19NO4S. The van der Waals surface area contributed by atoms with E-state index in [0.717, 1.165) is 17.1 Å². The molecule has 0 amide bonds. The van der Waals surface area contributed by atoms with Gasteiger partial charge in [-0.05, 0) is 24.6 Å². The molecule has 0 saturated carbocycles. The van der Waals surface area contributed by atoms with E-state index in [-0.39, 0.29) is 16.6 Å². The van der Waals surface area contributed by atoms with Gasteiger partial charge in [-0.2, -0.15) is 11.8 Å². The van der Waals surface area contributed by atoms with Gasteiger partial charge in [-0.1, -0.05) is 12.1 Å². The SMILES string of the molecule is COc1ccc(C2CC(c3c(O)cc(C)oc3=O)=NCCS2)cc1. The monoisotopic (exact) mass is 345 g/mol. The molecular weight excluding hydrogens is 326 g/mol. The van der Waals surface area contributed by atoms with Crippen LogP contribution < -0.4 is 10.4 Å². The molecule has 0 aliphatic carbocycles. The van der Waals surface area contributed by atoms with Crippen molar-refractivity contribution in [2.75, 3.05) is 19.4 Å². The number of rotatable bonds is 3. The highest BCUT2D eigenvalue weighted by Crippen LogP contribution is 2.36. The number of thioether (sulfide) groups is 1. The fraction of sp³-hybridized carbons (Fsp3) is 0.333. The van der Waals surface area contributed by atoms with Gasteiger partial charge in [0.05, 0.1) is 12.8 Å². The first kappa shape index (κ1) is 16.6. The van der Waals surface area contributed by atoms with E-state index in [4.69, 9.17) is 9.15 Å². The van der Waals surface area contributed by atoms with Crippen LogP contribution in [0.2, 0.25) is 0 Å². The number of aliphatic imine (C=N–C) groups is 1. The fourth-order valence-corrected chi connectivity index (χ4v) is 3.86. The first-order chi connectivity index (χ1) is 11.6. The number of ether oxygens (including phenoxy) is 1. The molecule has 5 nitrogen and oxygen atoms in total. The number of methoxy groups -OCH3 is 1. The van der Waals surface area contributed by atoms with Crippen LogP contribution in [-0.2, 0) is 0 Å². The molecule has 1 N–H and O–H groups in total. The number of hydrogen-bond acceptors (Lipinski definition) is 6. The molecule has 1 unspecified atom stereocenters. The Balaban J connectivity index is 1.92. The van der Waals surface area contributed by atoms with Gasteiger partial charge in [0.25, 0.3) is 0 Å². The van der Waals surface area contributed by atoms with E-state index >= 15 is 0 Å². The van der Waals surface area contributed by atoms with Crippen LogP contribution in [0.15, 0.2) is 44.5 Å². The minimum Gasteiger partial charge on any atom is -0.507 e. The second-order valence-electron chi connectivity index (χ2n) is 5.57. The zero-order valence-corrected chi connectivity index (χ0v) is 14.4. The van der Waals surface area contributed by atoms with E-state index in [1.165, 1.54) is 6.07 Å². The van der Waals surface area contributed by atoms with Crippen LogP contribution in [0, 0.1) is 6.92 Å². The summed E-state index contributed by atoms with van der Waals surface area (Å²) in [4.78, 5) is 16.7. The number of hydrogen-bond donors (Lipinski definition) is 1. The molecule has 2 heterocycles. The summed E-state index contributed by atoms with van der Waals surface area (Å²) in [6, 6.07) is 9.36. The molecule has 3 rings (SSSR count). The van der Waals surface area contributed by atoms with Gasteiger partial charge in [0.1, 0.15) is 22.8 Å². The smallest absolute Gasteiger partial charge is 0.348 e. The molecule has 0 saturated heterocycles. The van der Waals surface area contributed by atoms with Crippen molar-refractivity contribution >= 4 is 17.5 Å². The van der Waals surface area contributed by atoms with Crippen molar-refractivity contribution in [1.29, 1.82) is 0 Å². The average molecular weight is 345 g/mol. The van der Waals surface area contributed by atoms with E-state index < -0.39 is 5.63 Å². The second-order valence-corrected chi connectivity index (χ2v) is 6.88. The second kappa shape index (κ2) is 7.13. The summed E-state index contributed by atoms with van der Waals surface area (Å²) in [6.07, 6.45) is 0.568. The van der Waals surface area contributed by atoms with Gasteiger partial charge in [0, 0.05) is 30.0 Å². The molecule has 2 aromatic rings. The van der Waals surface area contributed by atoms with E-state index in [9.17, 15) is 9.90 Å². The number of nitrogens with zero attached hydrogens (tertiary/aromatic N) is 1. The van der Waals surface area contributed by atoms with Gasteiger partial charge in [-0.15, -0.1) is 0 Å².